The molecule has 3 N–H and O–H groups in total. The van der Waals surface area contributed by atoms with Crippen molar-refractivity contribution < 1.29 is 14.3 Å². The van der Waals surface area contributed by atoms with Crippen LogP contribution < -0.4 is 20.5 Å². The number of carbonyl (C=O) groups excluding carboxylic acids is 1. The second-order valence-corrected chi connectivity index (χ2v) is 6.47. The molecule has 2 heterocycles. The van der Waals surface area contributed by atoms with Gasteiger partial charge in [-0.1, -0.05) is 23.1 Å². The van der Waals surface area contributed by atoms with E-state index in [-0.39, 0.29) is 12.7 Å². The maximum Gasteiger partial charge on any atom is 0.231 e. The Labute approximate surface area is 128 Å². The third-order valence-corrected chi connectivity index (χ3v) is 4.52. The van der Waals surface area contributed by atoms with E-state index < -0.39 is 0 Å². The Kier molecular flexibility index (Phi) is 4.11. The number of benzene rings is 1. The lowest BCUT2D eigenvalue weighted by atomic mass is 10.2. The van der Waals surface area contributed by atoms with E-state index in [4.69, 9.17) is 15.2 Å². The van der Waals surface area contributed by atoms with Crippen molar-refractivity contribution in [1.29, 1.82) is 0 Å². The maximum atomic E-state index is 11.9. The van der Waals surface area contributed by atoms with E-state index in [0.717, 1.165) is 4.34 Å². The number of nitrogens with two attached hydrogens (primary N) is 1. The van der Waals surface area contributed by atoms with E-state index in [1.165, 1.54) is 23.1 Å². The number of amides is 1. The fourth-order valence-corrected chi connectivity index (χ4v) is 3.35. The Hall–Kier alpha value is -2.00. The summed E-state index contributed by atoms with van der Waals surface area (Å²) in [4.78, 5) is 11.9. The molecule has 110 valence electrons. The minimum absolute atomic E-state index is 0.0705. The number of ether oxygens (including phenoxy) is 2. The largest absolute Gasteiger partial charge is 0.454 e. The van der Waals surface area contributed by atoms with Gasteiger partial charge in [0.2, 0.25) is 17.8 Å². The van der Waals surface area contributed by atoms with Crippen molar-refractivity contribution in [2.45, 2.75) is 10.8 Å². The average molecular weight is 324 g/mol. The molecule has 0 radical (unpaired) electrons. The van der Waals surface area contributed by atoms with E-state index in [1.54, 1.807) is 18.2 Å². The maximum absolute atomic E-state index is 11.9. The van der Waals surface area contributed by atoms with Crippen LogP contribution in [-0.4, -0.2) is 28.7 Å². The van der Waals surface area contributed by atoms with Gasteiger partial charge >= 0.3 is 0 Å². The lowest BCUT2D eigenvalue weighted by Gasteiger charge is -2.05. The summed E-state index contributed by atoms with van der Waals surface area (Å²) >= 11 is 2.77. The quantitative estimate of drug-likeness (QED) is 0.811. The van der Waals surface area contributed by atoms with Crippen molar-refractivity contribution >= 4 is 39.8 Å². The lowest BCUT2D eigenvalue weighted by Crippen LogP contribution is -2.12. The fraction of sp³-hybridized carbons (Fsp3) is 0.250. The van der Waals surface area contributed by atoms with Crippen LogP contribution in [0, 0.1) is 0 Å². The second-order valence-electron chi connectivity index (χ2n) is 4.12. The van der Waals surface area contributed by atoms with E-state index >= 15 is 0 Å². The molecule has 7 nitrogen and oxygen atoms in total. The first kappa shape index (κ1) is 14.0. The number of thioether (sulfide) groups is 1. The van der Waals surface area contributed by atoms with Crippen molar-refractivity contribution in [3.8, 4) is 11.5 Å². The van der Waals surface area contributed by atoms with E-state index in [9.17, 15) is 4.79 Å². The third-order valence-electron chi connectivity index (χ3n) is 2.63. The number of rotatable bonds is 5. The minimum Gasteiger partial charge on any atom is -0.454 e. The van der Waals surface area contributed by atoms with Gasteiger partial charge in [0.25, 0.3) is 0 Å². The smallest absolute Gasteiger partial charge is 0.231 e. The molecule has 0 unspecified atom stereocenters. The zero-order valence-electron chi connectivity index (χ0n) is 10.9. The van der Waals surface area contributed by atoms with Gasteiger partial charge in [-0.15, -0.1) is 10.2 Å². The highest BCUT2D eigenvalue weighted by Gasteiger charge is 2.14. The number of nitrogen functional groups attached to an aromatic ring is 1. The van der Waals surface area contributed by atoms with Crippen molar-refractivity contribution in [1.82, 2.24) is 10.2 Å². The molecular weight excluding hydrogens is 312 g/mol. The number of hydrogen-bond donors (Lipinski definition) is 2. The molecule has 0 aliphatic carbocycles. The van der Waals surface area contributed by atoms with Crippen molar-refractivity contribution in [3.05, 3.63) is 18.2 Å². The summed E-state index contributed by atoms with van der Waals surface area (Å²) in [6, 6.07) is 5.31. The van der Waals surface area contributed by atoms with Gasteiger partial charge in [-0.3, -0.25) is 4.79 Å². The highest BCUT2D eigenvalue weighted by atomic mass is 32.2. The minimum atomic E-state index is -0.0705. The van der Waals surface area contributed by atoms with Gasteiger partial charge in [0.1, 0.15) is 0 Å². The number of anilines is 2. The van der Waals surface area contributed by atoms with E-state index in [0.29, 0.717) is 34.5 Å². The van der Waals surface area contributed by atoms with Gasteiger partial charge in [0.05, 0.1) is 0 Å². The average Bonchev–Trinajstić information content (AvgIpc) is 3.07. The summed E-state index contributed by atoms with van der Waals surface area (Å²) in [6.07, 6.45) is 0.374. The zero-order valence-corrected chi connectivity index (χ0v) is 12.5. The number of nitrogens with one attached hydrogen (secondary N) is 1. The molecule has 1 aromatic heterocycles. The van der Waals surface area contributed by atoms with E-state index in [1.807, 2.05) is 0 Å². The summed E-state index contributed by atoms with van der Waals surface area (Å²) in [6.45, 7) is 0.217. The topological polar surface area (TPSA) is 99.4 Å². The fourth-order valence-electron chi connectivity index (χ4n) is 1.71. The third kappa shape index (κ3) is 3.56. The molecule has 1 aromatic carbocycles. The van der Waals surface area contributed by atoms with Gasteiger partial charge in [-0.25, -0.2) is 0 Å². The molecule has 0 spiro atoms. The Bertz CT molecular complexity index is 662. The van der Waals surface area contributed by atoms with Crippen LogP contribution in [0.3, 0.4) is 0 Å². The van der Waals surface area contributed by atoms with Crippen LogP contribution in [0.25, 0.3) is 0 Å². The Morgan fingerprint density at radius 2 is 2.24 bits per heavy atom. The van der Waals surface area contributed by atoms with Crippen molar-refractivity contribution in [2.24, 2.45) is 0 Å². The van der Waals surface area contributed by atoms with Gasteiger partial charge in [-0.2, -0.15) is 0 Å². The van der Waals surface area contributed by atoms with Crippen LogP contribution in [0.4, 0.5) is 10.8 Å². The zero-order chi connectivity index (χ0) is 14.7. The van der Waals surface area contributed by atoms with Crippen LogP contribution in [0.15, 0.2) is 22.5 Å². The van der Waals surface area contributed by atoms with Crippen LogP contribution in [0.1, 0.15) is 6.42 Å². The number of fused-ring (bicyclic) bond motifs is 1. The molecule has 1 amide bonds. The molecule has 3 rings (SSSR count). The summed E-state index contributed by atoms with van der Waals surface area (Å²) in [5.74, 6) is 1.88. The summed E-state index contributed by atoms with van der Waals surface area (Å²) in [5.41, 5.74) is 6.18. The Morgan fingerprint density at radius 1 is 1.38 bits per heavy atom. The molecule has 21 heavy (non-hydrogen) atoms. The predicted octanol–water partition coefficient (Wildman–Crippen LogP) is 1.97. The molecule has 2 aromatic rings. The molecule has 1 aliphatic heterocycles. The standard InChI is InChI=1S/C12H12N4O3S2/c13-11-15-16-12(21-11)20-4-3-10(17)14-7-1-2-8-9(5-7)19-6-18-8/h1-2,5H,3-4,6H2,(H2,13,15)(H,14,17). The lowest BCUT2D eigenvalue weighted by molar-refractivity contribution is -0.115. The first-order valence-electron chi connectivity index (χ1n) is 6.12. The summed E-state index contributed by atoms with van der Waals surface area (Å²) in [7, 11) is 0. The Morgan fingerprint density at radius 3 is 3.05 bits per heavy atom. The molecule has 0 fully saturated rings. The van der Waals surface area contributed by atoms with Crippen LogP contribution in [0.5, 0.6) is 11.5 Å². The molecule has 0 saturated carbocycles. The summed E-state index contributed by atoms with van der Waals surface area (Å²) in [5, 5.41) is 10.8. The molecule has 0 saturated heterocycles. The molecule has 1 aliphatic rings. The normalized spacial score (nSPS) is 12.4. The number of aromatic nitrogens is 2. The Balaban J connectivity index is 1.48. The number of nitrogens with zero attached hydrogens (tertiary/aromatic N) is 2. The van der Waals surface area contributed by atoms with Gasteiger partial charge in [-0.05, 0) is 12.1 Å². The van der Waals surface area contributed by atoms with Crippen LogP contribution in [0.2, 0.25) is 0 Å². The van der Waals surface area contributed by atoms with Gasteiger partial charge in [0, 0.05) is 23.9 Å². The monoisotopic (exact) mass is 324 g/mol. The molecule has 0 atom stereocenters. The molecule has 0 bridgehead atoms. The van der Waals surface area contributed by atoms with Gasteiger partial charge < -0.3 is 20.5 Å². The molecular formula is C12H12N4O3S2. The first-order valence-corrected chi connectivity index (χ1v) is 7.92. The first-order chi connectivity index (χ1) is 10.2. The van der Waals surface area contributed by atoms with Crippen LogP contribution in [-0.2, 0) is 4.79 Å². The SMILES string of the molecule is Nc1nnc(SCCC(=O)Nc2ccc3c(c2)OCO3)s1. The van der Waals surface area contributed by atoms with Crippen molar-refractivity contribution in [2.75, 3.05) is 23.6 Å². The van der Waals surface area contributed by atoms with E-state index in [2.05, 4.69) is 15.5 Å². The second kappa shape index (κ2) is 6.19. The predicted molar refractivity (Wildman–Crippen MR) is 80.9 cm³/mol. The van der Waals surface area contributed by atoms with Gasteiger partial charge in [0.15, 0.2) is 15.8 Å². The number of hydrogen-bond acceptors (Lipinski definition) is 8. The summed E-state index contributed by atoms with van der Waals surface area (Å²) < 4.78 is 11.2. The van der Waals surface area contributed by atoms with Crippen LogP contribution >= 0.6 is 23.1 Å². The number of carbonyl (C=O) groups is 1. The van der Waals surface area contributed by atoms with Crippen molar-refractivity contribution in [3.63, 3.8) is 0 Å². The molecule has 9 heteroatoms. The highest BCUT2D eigenvalue weighted by molar-refractivity contribution is 8.01. The highest BCUT2D eigenvalue weighted by Crippen LogP contribution is 2.34.